The first-order valence-corrected chi connectivity index (χ1v) is 6.94. The SMILES string of the molecule is CC(C)(C)C.CCOC(=O)c1csc(CNC=O)n1. The fourth-order valence-corrected chi connectivity index (χ4v) is 1.53. The Balaban J connectivity index is 0.000000555. The summed E-state index contributed by atoms with van der Waals surface area (Å²) in [6.07, 6.45) is 0.589. The molecule has 1 aromatic heterocycles. The molecule has 0 aliphatic carbocycles. The second-order valence-electron chi connectivity index (χ2n) is 5.35. The number of nitrogens with one attached hydrogen (secondary N) is 1. The molecular formula is C13H22N2O3S. The van der Waals surface area contributed by atoms with E-state index in [4.69, 9.17) is 4.74 Å². The largest absolute Gasteiger partial charge is 0.461 e. The zero-order valence-electron chi connectivity index (χ0n) is 12.1. The topological polar surface area (TPSA) is 68.3 Å². The summed E-state index contributed by atoms with van der Waals surface area (Å²) < 4.78 is 4.76. The predicted octanol–water partition coefficient (Wildman–Crippen LogP) is 2.62. The Kier molecular flexibility index (Phi) is 7.98. The zero-order valence-corrected chi connectivity index (χ0v) is 13.0. The van der Waals surface area contributed by atoms with Gasteiger partial charge in [-0.25, -0.2) is 9.78 Å². The smallest absolute Gasteiger partial charge is 0.357 e. The van der Waals surface area contributed by atoms with Gasteiger partial charge in [0.15, 0.2) is 5.69 Å². The van der Waals surface area contributed by atoms with E-state index in [1.165, 1.54) is 11.3 Å². The van der Waals surface area contributed by atoms with Crippen LogP contribution >= 0.6 is 11.3 Å². The summed E-state index contributed by atoms with van der Waals surface area (Å²) in [4.78, 5) is 25.1. The second kappa shape index (κ2) is 8.63. The molecule has 0 atom stereocenters. The molecule has 19 heavy (non-hydrogen) atoms. The molecule has 1 rings (SSSR count). The van der Waals surface area contributed by atoms with Crippen LogP contribution in [0.5, 0.6) is 0 Å². The number of thiazole rings is 1. The molecule has 0 aliphatic heterocycles. The van der Waals surface area contributed by atoms with Crippen LogP contribution in [-0.2, 0) is 16.1 Å². The number of rotatable bonds is 5. The summed E-state index contributed by atoms with van der Waals surface area (Å²) in [6.45, 7) is 11.2. The maximum absolute atomic E-state index is 11.2. The van der Waals surface area contributed by atoms with Gasteiger partial charge in [0.05, 0.1) is 13.2 Å². The molecule has 1 N–H and O–H groups in total. The zero-order chi connectivity index (χ0) is 14.9. The van der Waals surface area contributed by atoms with Crippen LogP contribution in [-0.4, -0.2) is 24.0 Å². The first-order chi connectivity index (χ1) is 8.77. The maximum Gasteiger partial charge on any atom is 0.357 e. The van der Waals surface area contributed by atoms with Crippen LogP contribution in [0.4, 0.5) is 0 Å². The van der Waals surface area contributed by atoms with Crippen LogP contribution in [0, 0.1) is 5.41 Å². The minimum Gasteiger partial charge on any atom is -0.461 e. The third-order valence-electron chi connectivity index (χ3n) is 1.37. The molecular weight excluding hydrogens is 264 g/mol. The molecule has 0 fully saturated rings. The molecule has 0 saturated heterocycles. The molecule has 0 saturated carbocycles. The summed E-state index contributed by atoms with van der Waals surface area (Å²) >= 11 is 1.31. The van der Waals surface area contributed by atoms with E-state index in [1.54, 1.807) is 12.3 Å². The highest BCUT2D eigenvalue weighted by atomic mass is 32.1. The van der Waals surface area contributed by atoms with Crippen molar-refractivity contribution in [2.24, 2.45) is 5.41 Å². The minimum absolute atomic E-state index is 0.291. The quantitative estimate of drug-likeness (QED) is 0.667. The number of hydrogen-bond acceptors (Lipinski definition) is 5. The van der Waals surface area contributed by atoms with Crippen molar-refractivity contribution >= 4 is 23.7 Å². The van der Waals surface area contributed by atoms with Crippen LogP contribution in [0.1, 0.15) is 50.1 Å². The normalized spacial score (nSPS) is 10.2. The van der Waals surface area contributed by atoms with E-state index in [2.05, 4.69) is 38.0 Å². The third-order valence-corrected chi connectivity index (χ3v) is 2.22. The summed E-state index contributed by atoms with van der Waals surface area (Å²) in [6, 6.07) is 0. The van der Waals surface area contributed by atoms with E-state index >= 15 is 0 Å². The maximum atomic E-state index is 11.2. The lowest BCUT2D eigenvalue weighted by atomic mass is 10.0. The van der Waals surface area contributed by atoms with Crippen LogP contribution in [0.3, 0.4) is 0 Å². The average molecular weight is 286 g/mol. The Hall–Kier alpha value is -1.43. The molecule has 0 spiro atoms. The van der Waals surface area contributed by atoms with Gasteiger partial charge in [-0.2, -0.15) is 0 Å². The third kappa shape index (κ3) is 10.2. The molecule has 6 heteroatoms. The highest BCUT2D eigenvalue weighted by molar-refractivity contribution is 7.09. The first kappa shape index (κ1) is 17.6. The Morgan fingerprint density at radius 1 is 1.47 bits per heavy atom. The van der Waals surface area contributed by atoms with Gasteiger partial charge in [0, 0.05) is 5.38 Å². The van der Waals surface area contributed by atoms with E-state index in [9.17, 15) is 9.59 Å². The molecule has 1 aromatic rings. The molecule has 1 heterocycles. The molecule has 0 aromatic carbocycles. The number of amides is 1. The van der Waals surface area contributed by atoms with E-state index in [1.807, 2.05) is 0 Å². The monoisotopic (exact) mass is 286 g/mol. The van der Waals surface area contributed by atoms with Gasteiger partial charge in [0.1, 0.15) is 5.01 Å². The van der Waals surface area contributed by atoms with Gasteiger partial charge >= 0.3 is 5.97 Å². The van der Waals surface area contributed by atoms with Gasteiger partial charge in [-0.1, -0.05) is 27.7 Å². The van der Waals surface area contributed by atoms with Gasteiger partial charge in [0.2, 0.25) is 6.41 Å². The molecule has 108 valence electrons. The van der Waals surface area contributed by atoms with Crippen LogP contribution in [0.25, 0.3) is 0 Å². The van der Waals surface area contributed by atoms with Crippen LogP contribution in [0.15, 0.2) is 5.38 Å². The average Bonchev–Trinajstić information content (AvgIpc) is 2.73. The van der Waals surface area contributed by atoms with Gasteiger partial charge in [-0.05, 0) is 12.3 Å². The summed E-state index contributed by atoms with van der Waals surface area (Å²) in [7, 11) is 0. The molecule has 0 radical (unpaired) electrons. The van der Waals surface area contributed by atoms with Crippen molar-refractivity contribution in [3.63, 3.8) is 0 Å². The van der Waals surface area contributed by atoms with Gasteiger partial charge in [-0.3, -0.25) is 4.79 Å². The molecule has 0 unspecified atom stereocenters. The molecule has 0 bridgehead atoms. The van der Waals surface area contributed by atoms with Crippen molar-refractivity contribution in [2.75, 3.05) is 6.61 Å². The Morgan fingerprint density at radius 2 is 2.05 bits per heavy atom. The number of nitrogens with zero attached hydrogens (tertiary/aromatic N) is 1. The van der Waals surface area contributed by atoms with Crippen molar-refractivity contribution < 1.29 is 14.3 Å². The van der Waals surface area contributed by atoms with Crippen molar-refractivity contribution in [3.8, 4) is 0 Å². The van der Waals surface area contributed by atoms with Gasteiger partial charge in [-0.15, -0.1) is 11.3 Å². The summed E-state index contributed by atoms with van der Waals surface area (Å²) in [5.74, 6) is -0.430. The van der Waals surface area contributed by atoms with Crippen LogP contribution < -0.4 is 5.32 Å². The fourth-order valence-electron chi connectivity index (χ4n) is 0.820. The van der Waals surface area contributed by atoms with E-state index in [0.29, 0.717) is 35.7 Å². The fraction of sp³-hybridized carbons (Fsp3) is 0.615. The first-order valence-electron chi connectivity index (χ1n) is 6.06. The highest BCUT2D eigenvalue weighted by Crippen LogP contribution is 2.10. The van der Waals surface area contributed by atoms with Crippen molar-refractivity contribution in [1.29, 1.82) is 0 Å². The number of ether oxygens (including phenoxy) is 1. The molecule has 0 aliphatic rings. The Bertz CT molecular complexity index is 391. The Labute approximate surface area is 118 Å². The van der Waals surface area contributed by atoms with Crippen molar-refractivity contribution in [2.45, 2.75) is 41.2 Å². The number of carbonyl (C=O) groups is 2. The summed E-state index contributed by atoms with van der Waals surface area (Å²) in [5.41, 5.74) is 0.791. The van der Waals surface area contributed by atoms with Crippen LogP contribution in [0.2, 0.25) is 0 Å². The number of esters is 1. The minimum atomic E-state index is -0.430. The second-order valence-corrected chi connectivity index (χ2v) is 6.29. The number of carbonyl (C=O) groups excluding carboxylic acids is 2. The standard InChI is InChI=1S/C8H10N2O3S.C5H12/c1-2-13-8(12)6-4-14-7(10-6)3-9-5-11;1-5(2,3)4/h4-5H,2-3H2,1H3,(H,9,11);1-4H3. The lowest BCUT2D eigenvalue weighted by Crippen LogP contribution is -2.10. The molecule has 5 nitrogen and oxygen atoms in total. The molecule has 1 amide bonds. The van der Waals surface area contributed by atoms with E-state index in [0.717, 1.165) is 0 Å². The van der Waals surface area contributed by atoms with E-state index in [-0.39, 0.29) is 0 Å². The van der Waals surface area contributed by atoms with Crippen molar-refractivity contribution in [1.82, 2.24) is 10.3 Å². The van der Waals surface area contributed by atoms with Crippen molar-refractivity contribution in [3.05, 3.63) is 16.1 Å². The number of aromatic nitrogens is 1. The van der Waals surface area contributed by atoms with Gasteiger partial charge < -0.3 is 10.1 Å². The lowest BCUT2D eigenvalue weighted by molar-refractivity contribution is -0.109. The summed E-state index contributed by atoms with van der Waals surface area (Å²) in [5, 5.41) is 4.76. The van der Waals surface area contributed by atoms with E-state index < -0.39 is 5.97 Å². The Morgan fingerprint density at radius 3 is 2.53 bits per heavy atom. The predicted molar refractivity (Wildman–Crippen MR) is 76.1 cm³/mol. The lowest BCUT2D eigenvalue weighted by Gasteiger charge is -2.05. The number of hydrogen-bond donors (Lipinski definition) is 1. The van der Waals surface area contributed by atoms with Gasteiger partial charge in [0.25, 0.3) is 0 Å². The highest BCUT2D eigenvalue weighted by Gasteiger charge is 2.10.